The largest absolute Gasteiger partial charge is 0.368 e. The van der Waals surface area contributed by atoms with Gasteiger partial charge in [-0.3, -0.25) is 0 Å². The van der Waals surface area contributed by atoms with Gasteiger partial charge in [0, 0.05) is 38.4 Å². The molecule has 1 aliphatic heterocycles. The third-order valence-corrected chi connectivity index (χ3v) is 4.83. The maximum Gasteiger partial charge on any atom is 0.317 e. The summed E-state index contributed by atoms with van der Waals surface area (Å²) in [5, 5.41) is 3.05. The molecular weight excluding hydrogens is 312 g/mol. The number of nitrogens with one attached hydrogen (secondary N) is 1. The number of benzene rings is 1. The van der Waals surface area contributed by atoms with Gasteiger partial charge in [-0.05, 0) is 51.0 Å². The van der Waals surface area contributed by atoms with Crippen LogP contribution in [0.3, 0.4) is 0 Å². The van der Waals surface area contributed by atoms with E-state index in [1.165, 1.54) is 16.8 Å². The maximum absolute atomic E-state index is 12.3. The Kier molecular flexibility index (Phi) is 7.12. The van der Waals surface area contributed by atoms with Gasteiger partial charge in [0.15, 0.2) is 0 Å². The minimum absolute atomic E-state index is 0.0762. The Morgan fingerprint density at radius 2 is 1.88 bits per heavy atom. The zero-order chi connectivity index (χ0) is 18.4. The van der Waals surface area contributed by atoms with Gasteiger partial charge in [-0.25, -0.2) is 4.79 Å². The lowest BCUT2D eigenvalue weighted by atomic mass is 9.97. The van der Waals surface area contributed by atoms with Crippen molar-refractivity contribution in [1.82, 2.24) is 15.1 Å². The number of carbonyl (C=O) groups is 1. The van der Waals surface area contributed by atoms with Crippen molar-refractivity contribution in [3.8, 4) is 0 Å². The fourth-order valence-electron chi connectivity index (χ4n) is 3.42. The second-order valence-electron chi connectivity index (χ2n) is 7.53. The highest BCUT2D eigenvalue weighted by atomic mass is 16.2. The van der Waals surface area contributed by atoms with E-state index in [9.17, 15) is 4.79 Å². The number of hydrogen-bond donors (Lipinski definition) is 1. The van der Waals surface area contributed by atoms with E-state index in [-0.39, 0.29) is 6.03 Å². The molecule has 0 aliphatic carbocycles. The Bertz CT molecular complexity index is 563. The minimum Gasteiger partial charge on any atom is -0.368 e. The summed E-state index contributed by atoms with van der Waals surface area (Å²) < 4.78 is 0. The first-order chi connectivity index (χ1) is 11.9. The monoisotopic (exact) mass is 346 g/mol. The number of aryl methyl sites for hydroxylation is 1. The molecule has 2 rings (SSSR count). The zero-order valence-electron chi connectivity index (χ0n) is 16.5. The Morgan fingerprint density at radius 3 is 2.48 bits per heavy atom. The van der Waals surface area contributed by atoms with Crippen LogP contribution in [-0.4, -0.2) is 69.2 Å². The van der Waals surface area contributed by atoms with Gasteiger partial charge < -0.3 is 20.0 Å². The molecule has 0 unspecified atom stereocenters. The number of hydrogen-bond acceptors (Lipinski definition) is 3. The molecule has 1 heterocycles. The molecule has 0 spiro atoms. The third kappa shape index (κ3) is 5.36. The highest BCUT2D eigenvalue weighted by molar-refractivity contribution is 5.74. The van der Waals surface area contributed by atoms with Gasteiger partial charge in [0.05, 0.1) is 0 Å². The number of nitrogens with zero attached hydrogens (tertiary/aromatic N) is 3. The van der Waals surface area contributed by atoms with Crippen molar-refractivity contribution >= 4 is 11.7 Å². The number of piperazine rings is 1. The topological polar surface area (TPSA) is 38.8 Å². The molecule has 0 saturated carbocycles. The predicted octanol–water partition coefficient (Wildman–Crippen LogP) is 2.90. The third-order valence-electron chi connectivity index (χ3n) is 4.83. The standard InChI is InChI=1S/C20H34N4O/c1-16(2)18-9-6-8-17(3)19(18)23-12-14-24(15-13-23)20(25)21-10-7-11-22(4)5/h6,8-9,16H,7,10-15H2,1-5H3,(H,21,25). The van der Waals surface area contributed by atoms with Crippen molar-refractivity contribution in [2.24, 2.45) is 0 Å². The van der Waals surface area contributed by atoms with Crippen LogP contribution in [0.4, 0.5) is 10.5 Å². The first-order valence-electron chi connectivity index (χ1n) is 9.42. The van der Waals surface area contributed by atoms with E-state index >= 15 is 0 Å². The number of amides is 2. The van der Waals surface area contributed by atoms with E-state index in [0.717, 1.165) is 45.7 Å². The Balaban J connectivity index is 1.89. The quantitative estimate of drug-likeness (QED) is 0.805. The molecule has 0 aromatic heterocycles. The van der Waals surface area contributed by atoms with E-state index in [1.807, 2.05) is 4.90 Å². The molecule has 25 heavy (non-hydrogen) atoms. The maximum atomic E-state index is 12.3. The van der Waals surface area contributed by atoms with Crippen LogP contribution in [0.15, 0.2) is 18.2 Å². The molecule has 1 aromatic carbocycles. The van der Waals surface area contributed by atoms with E-state index in [1.54, 1.807) is 0 Å². The molecule has 0 atom stereocenters. The molecule has 5 nitrogen and oxygen atoms in total. The minimum atomic E-state index is 0.0762. The van der Waals surface area contributed by atoms with Gasteiger partial charge in [-0.15, -0.1) is 0 Å². The van der Waals surface area contributed by atoms with E-state index in [4.69, 9.17) is 0 Å². The number of urea groups is 1. The van der Waals surface area contributed by atoms with Crippen LogP contribution in [0.2, 0.25) is 0 Å². The van der Waals surface area contributed by atoms with Gasteiger partial charge >= 0.3 is 6.03 Å². The molecule has 5 heteroatoms. The lowest BCUT2D eigenvalue weighted by Gasteiger charge is -2.38. The molecule has 0 radical (unpaired) electrons. The molecule has 2 amide bonds. The fraction of sp³-hybridized carbons (Fsp3) is 0.650. The fourth-order valence-corrected chi connectivity index (χ4v) is 3.42. The molecule has 1 aliphatic rings. The summed E-state index contributed by atoms with van der Waals surface area (Å²) in [6, 6.07) is 6.64. The van der Waals surface area contributed by atoms with Crippen molar-refractivity contribution in [1.29, 1.82) is 0 Å². The van der Waals surface area contributed by atoms with Crippen molar-refractivity contribution in [2.75, 3.05) is 58.3 Å². The van der Waals surface area contributed by atoms with Gasteiger partial charge in [-0.1, -0.05) is 32.0 Å². The number of carbonyl (C=O) groups excluding carboxylic acids is 1. The number of rotatable bonds is 6. The number of anilines is 1. The van der Waals surface area contributed by atoms with Crippen molar-refractivity contribution < 1.29 is 4.79 Å². The van der Waals surface area contributed by atoms with E-state index < -0.39 is 0 Å². The van der Waals surface area contributed by atoms with E-state index in [0.29, 0.717) is 5.92 Å². The van der Waals surface area contributed by atoms with E-state index in [2.05, 4.69) is 68.2 Å². The van der Waals surface area contributed by atoms with Crippen LogP contribution in [-0.2, 0) is 0 Å². The highest BCUT2D eigenvalue weighted by Crippen LogP contribution is 2.31. The van der Waals surface area contributed by atoms with Crippen LogP contribution in [0.1, 0.15) is 37.3 Å². The van der Waals surface area contributed by atoms with Crippen LogP contribution >= 0.6 is 0 Å². The predicted molar refractivity (Wildman–Crippen MR) is 106 cm³/mol. The highest BCUT2D eigenvalue weighted by Gasteiger charge is 2.23. The van der Waals surface area contributed by atoms with Crippen molar-refractivity contribution in [2.45, 2.75) is 33.1 Å². The lowest BCUT2D eigenvalue weighted by molar-refractivity contribution is 0.194. The average molecular weight is 347 g/mol. The summed E-state index contributed by atoms with van der Waals surface area (Å²) in [5.41, 5.74) is 4.10. The second kappa shape index (κ2) is 9.09. The summed E-state index contributed by atoms with van der Waals surface area (Å²) >= 11 is 0. The first-order valence-corrected chi connectivity index (χ1v) is 9.42. The zero-order valence-corrected chi connectivity index (χ0v) is 16.5. The Hall–Kier alpha value is -1.75. The normalized spacial score (nSPS) is 15.2. The molecule has 140 valence electrons. The summed E-state index contributed by atoms with van der Waals surface area (Å²) in [6.07, 6.45) is 0.986. The van der Waals surface area contributed by atoms with Gasteiger partial charge in [0.2, 0.25) is 0 Å². The summed E-state index contributed by atoms with van der Waals surface area (Å²) in [5.74, 6) is 0.507. The number of para-hydroxylation sites is 1. The molecule has 1 N–H and O–H groups in total. The first kappa shape index (κ1) is 19.6. The molecular formula is C20H34N4O. The SMILES string of the molecule is Cc1cccc(C(C)C)c1N1CCN(C(=O)NCCCN(C)C)CC1. The molecule has 1 saturated heterocycles. The lowest BCUT2D eigenvalue weighted by Crippen LogP contribution is -2.52. The Morgan fingerprint density at radius 1 is 1.20 bits per heavy atom. The Labute approximate surface area is 153 Å². The van der Waals surface area contributed by atoms with Crippen LogP contribution in [0.5, 0.6) is 0 Å². The van der Waals surface area contributed by atoms with Crippen molar-refractivity contribution in [3.05, 3.63) is 29.3 Å². The van der Waals surface area contributed by atoms with Crippen LogP contribution < -0.4 is 10.2 Å². The van der Waals surface area contributed by atoms with Crippen molar-refractivity contribution in [3.63, 3.8) is 0 Å². The van der Waals surface area contributed by atoms with Crippen LogP contribution in [0, 0.1) is 6.92 Å². The summed E-state index contributed by atoms with van der Waals surface area (Å²) in [4.78, 5) is 18.8. The summed E-state index contributed by atoms with van der Waals surface area (Å²) in [7, 11) is 4.11. The average Bonchev–Trinajstić information content (AvgIpc) is 2.58. The molecule has 1 aromatic rings. The molecule has 1 fully saturated rings. The molecule has 0 bridgehead atoms. The van der Waals surface area contributed by atoms with Gasteiger partial charge in [0.25, 0.3) is 0 Å². The van der Waals surface area contributed by atoms with Gasteiger partial charge in [-0.2, -0.15) is 0 Å². The van der Waals surface area contributed by atoms with Crippen LogP contribution in [0.25, 0.3) is 0 Å². The smallest absolute Gasteiger partial charge is 0.317 e. The van der Waals surface area contributed by atoms with Gasteiger partial charge in [0.1, 0.15) is 0 Å². The summed E-state index contributed by atoms with van der Waals surface area (Å²) in [6.45, 7) is 11.8. The second-order valence-corrected chi connectivity index (χ2v) is 7.53.